The molecule has 1 amide bonds. The lowest BCUT2D eigenvalue weighted by molar-refractivity contribution is -0.154. The number of carbonyl (C=O) groups excluding carboxylic acids is 1. The highest BCUT2D eigenvalue weighted by molar-refractivity contribution is 5.88. The van der Waals surface area contributed by atoms with E-state index in [2.05, 4.69) is 5.32 Å². The van der Waals surface area contributed by atoms with Gasteiger partial charge < -0.3 is 15.3 Å². The van der Waals surface area contributed by atoms with Gasteiger partial charge in [-0.2, -0.15) is 0 Å². The smallest absolute Gasteiger partial charge is 0.326 e. The fourth-order valence-corrected chi connectivity index (χ4v) is 3.20. The number of carbonyl (C=O) groups is 2. The molecule has 0 aromatic heterocycles. The number of hydrogen-bond donors (Lipinski definition) is 2. The standard InChI is InChI=1S/C13H22N2O3/c1-2-13(5-7-14-8-6-13)12(18)15-9-3-4-10(15)11(16)17/h10,14H,2-9H2,1H3,(H,16,17). The normalized spacial score (nSPS) is 27.2. The summed E-state index contributed by atoms with van der Waals surface area (Å²) in [6, 6.07) is -0.601. The molecule has 102 valence electrons. The van der Waals surface area contributed by atoms with E-state index >= 15 is 0 Å². The summed E-state index contributed by atoms with van der Waals surface area (Å²) in [6.07, 6.45) is 3.85. The Hall–Kier alpha value is -1.10. The minimum Gasteiger partial charge on any atom is -0.480 e. The first-order valence-corrected chi connectivity index (χ1v) is 6.85. The molecule has 2 heterocycles. The number of carboxylic acids is 1. The highest BCUT2D eigenvalue weighted by Gasteiger charge is 2.45. The van der Waals surface area contributed by atoms with Crippen LogP contribution < -0.4 is 5.32 Å². The number of nitrogens with zero attached hydrogens (tertiary/aromatic N) is 1. The van der Waals surface area contributed by atoms with E-state index in [1.165, 1.54) is 0 Å². The lowest BCUT2D eigenvalue weighted by Crippen LogP contribution is -2.52. The summed E-state index contributed by atoms with van der Waals surface area (Å²) in [7, 11) is 0. The second-order valence-corrected chi connectivity index (χ2v) is 5.38. The molecule has 2 rings (SSSR count). The van der Waals surface area contributed by atoms with Crippen molar-refractivity contribution in [2.24, 2.45) is 5.41 Å². The van der Waals surface area contributed by atoms with Gasteiger partial charge in [0.2, 0.25) is 5.91 Å². The number of hydrogen-bond acceptors (Lipinski definition) is 3. The minimum absolute atomic E-state index is 0.0661. The number of rotatable bonds is 3. The van der Waals surface area contributed by atoms with Crippen LogP contribution in [-0.4, -0.2) is 47.6 Å². The highest BCUT2D eigenvalue weighted by atomic mass is 16.4. The van der Waals surface area contributed by atoms with Crippen LogP contribution in [-0.2, 0) is 9.59 Å². The minimum atomic E-state index is -0.860. The van der Waals surface area contributed by atoms with Crippen molar-refractivity contribution >= 4 is 11.9 Å². The van der Waals surface area contributed by atoms with Gasteiger partial charge in [-0.1, -0.05) is 6.92 Å². The second-order valence-electron chi connectivity index (χ2n) is 5.38. The molecule has 0 bridgehead atoms. The predicted molar refractivity (Wildman–Crippen MR) is 67.2 cm³/mol. The van der Waals surface area contributed by atoms with Gasteiger partial charge in [0.05, 0.1) is 5.41 Å². The Morgan fingerprint density at radius 2 is 2.06 bits per heavy atom. The molecule has 1 unspecified atom stereocenters. The third-order valence-corrected chi connectivity index (χ3v) is 4.49. The van der Waals surface area contributed by atoms with Crippen molar-refractivity contribution in [2.45, 2.75) is 45.1 Å². The zero-order valence-corrected chi connectivity index (χ0v) is 10.9. The van der Waals surface area contributed by atoms with Crippen molar-refractivity contribution in [3.05, 3.63) is 0 Å². The summed E-state index contributed by atoms with van der Waals surface area (Å²) in [6.45, 7) is 4.34. The Balaban J connectivity index is 2.15. The molecule has 18 heavy (non-hydrogen) atoms. The molecular formula is C13H22N2O3. The Bertz CT molecular complexity index is 337. The van der Waals surface area contributed by atoms with E-state index < -0.39 is 12.0 Å². The van der Waals surface area contributed by atoms with Crippen LogP contribution in [0, 0.1) is 5.41 Å². The van der Waals surface area contributed by atoms with E-state index in [9.17, 15) is 14.7 Å². The summed E-state index contributed by atoms with van der Waals surface area (Å²) in [5.74, 6) is -0.794. The van der Waals surface area contributed by atoms with E-state index in [0.717, 1.165) is 38.8 Å². The first-order chi connectivity index (χ1) is 8.60. The van der Waals surface area contributed by atoms with Gasteiger partial charge in [0.15, 0.2) is 0 Å². The lowest BCUT2D eigenvalue weighted by atomic mass is 9.75. The van der Waals surface area contributed by atoms with E-state index in [0.29, 0.717) is 13.0 Å². The summed E-state index contributed by atoms with van der Waals surface area (Å²) in [5.41, 5.74) is -0.330. The van der Waals surface area contributed by atoms with E-state index in [1.807, 2.05) is 6.92 Å². The molecule has 5 heteroatoms. The van der Waals surface area contributed by atoms with Crippen LogP contribution in [0.25, 0.3) is 0 Å². The molecule has 2 saturated heterocycles. The van der Waals surface area contributed by atoms with Crippen LogP contribution in [0.2, 0.25) is 0 Å². The lowest BCUT2D eigenvalue weighted by Gasteiger charge is -2.39. The largest absolute Gasteiger partial charge is 0.480 e. The van der Waals surface area contributed by atoms with Crippen LogP contribution in [0.15, 0.2) is 0 Å². The molecule has 0 radical (unpaired) electrons. The average Bonchev–Trinajstić information content (AvgIpc) is 2.88. The predicted octanol–water partition coefficient (Wildman–Crippen LogP) is 0.842. The molecule has 0 saturated carbocycles. The topological polar surface area (TPSA) is 69.6 Å². The average molecular weight is 254 g/mol. The zero-order chi connectivity index (χ0) is 13.2. The van der Waals surface area contributed by atoms with Crippen molar-refractivity contribution in [3.63, 3.8) is 0 Å². The summed E-state index contributed by atoms with van der Waals surface area (Å²) in [4.78, 5) is 25.5. The Kier molecular flexibility index (Phi) is 3.90. The van der Waals surface area contributed by atoms with Crippen LogP contribution in [0.1, 0.15) is 39.0 Å². The van der Waals surface area contributed by atoms with Gasteiger partial charge in [0, 0.05) is 6.54 Å². The number of piperidine rings is 1. The van der Waals surface area contributed by atoms with Crippen LogP contribution in [0.4, 0.5) is 0 Å². The van der Waals surface area contributed by atoms with Crippen molar-refractivity contribution in [2.75, 3.05) is 19.6 Å². The molecule has 0 aromatic rings. The van der Waals surface area contributed by atoms with Gasteiger partial charge in [-0.05, 0) is 45.2 Å². The zero-order valence-electron chi connectivity index (χ0n) is 10.9. The Morgan fingerprint density at radius 1 is 1.39 bits per heavy atom. The SMILES string of the molecule is CCC1(C(=O)N2CCCC2C(=O)O)CCNCC1. The van der Waals surface area contributed by atoms with Crippen LogP contribution in [0.5, 0.6) is 0 Å². The Morgan fingerprint density at radius 3 is 2.61 bits per heavy atom. The second kappa shape index (κ2) is 5.26. The number of nitrogens with one attached hydrogen (secondary N) is 1. The first kappa shape index (κ1) is 13.3. The molecule has 2 N–H and O–H groups in total. The van der Waals surface area contributed by atoms with Gasteiger partial charge in [0.1, 0.15) is 6.04 Å². The van der Waals surface area contributed by atoms with Gasteiger partial charge in [-0.15, -0.1) is 0 Å². The third-order valence-electron chi connectivity index (χ3n) is 4.49. The molecule has 2 fully saturated rings. The van der Waals surface area contributed by atoms with Crippen molar-refractivity contribution < 1.29 is 14.7 Å². The maximum atomic E-state index is 12.7. The van der Waals surface area contributed by atoms with Gasteiger partial charge in [0.25, 0.3) is 0 Å². The summed E-state index contributed by atoms with van der Waals surface area (Å²) < 4.78 is 0. The van der Waals surface area contributed by atoms with Crippen LogP contribution in [0.3, 0.4) is 0 Å². The van der Waals surface area contributed by atoms with Crippen LogP contribution >= 0.6 is 0 Å². The first-order valence-electron chi connectivity index (χ1n) is 6.85. The summed E-state index contributed by atoms with van der Waals surface area (Å²) >= 11 is 0. The maximum absolute atomic E-state index is 12.7. The quantitative estimate of drug-likeness (QED) is 0.783. The van der Waals surface area contributed by atoms with Crippen molar-refractivity contribution in [3.8, 4) is 0 Å². The van der Waals surface area contributed by atoms with Crippen molar-refractivity contribution in [1.29, 1.82) is 0 Å². The molecular weight excluding hydrogens is 232 g/mol. The number of carboxylic acid groups (broad SMARTS) is 1. The fraction of sp³-hybridized carbons (Fsp3) is 0.846. The van der Waals surface area contributed by atoms with Gasteiger partial charge in [-0.3, -0.25) is 4.79 Å². The third kappa shape index (κ3) is 2.23. The van der Waals surface area contributed by atoms with Gasteiger partial charge >= 0.3 is 5.97 Å². The molecule has 5 nitrogen and oxygen atoms in total. The number of likely N-dealkylation sites (tertiary alicyclic amines) is 1. The molecule has 0 spiro atoms. The monoisotopic (exact) mass is 254 g/mol. The fourth-order valence-electron chi connectivity index (χ4n) is 3.20. The number of amides is 1. The molecule has 1 atom stereocenters. The Labute approximate surface area is 108 Å². The maximum Gasteiger partial charge on any atom is 0.326 e. The van der Waals surface area contributed by atoms with E-state index in [-0.39, 0.29) is 11.3 Å². The van der Waals surface area contributed by atoms with E-state index in [4.69, 9.17) is 0 Å². The highest BCUT2D eigenvalue weighted by Crippen LogP contribution is 2.36. The molecule has 0 aromatic carbocycles. The summed E-state index contributed by atoms with van der Waals surface area (Å²) in [5, 5.41) is 12.4. The number of aliphatic carboxylic acids is 1. The van der Waals surface area contributed by atoms with Crippen molar-refractivity contribution in [1.82, 2.24) is 10.2 Å². The molecule has 2 aliphatic heterocycles. The molecule has 0 aliphatic carbocycles. The molecule has 2 aliphatic rings. The van der Waals surface area contributed by atoms with E-state index in [1.54, 1.807) is 4.90 Å². The van der Waals surface area contributed by atoms with Gasteiger partial charge in [-0.25, -0.2) is 4.79 Å².